The molecule has 4 nitrogen and oxygen atoms in total. The molecule has 0 aromatic rings. The lowest BCUT2D eigenvalue weighted by Crippen LogP contribution is -2.46. The second kappa shape index (κ2) is 5.53. The summed E-state index contributed by atoms with van der Waals surface area (Å²) in [5.74, 6) is -0.0782. The van der Waals surface area contributed by atoms with Gasteiger partial charge in [-0.3, -0.25) is 9.59 Å². The molecule has 17 heavy (non-hydrogen) atoms. The first-order valence-electron chi connectivity index (χ1n) is 5.51. The van der Waals surface area contributed by atoms with E-state index < -0.39 is 23.3 Å². The Bertz CT molecular complexity index is 377. The van der Waals surface area contributed by atoms with E-state index in [0.717, 1.165) is 12.8 Å². The van der Waals surface area contributed by atoms with Gasteiger partial charge in [-0.15, -0.1) is 12.3 Å². The summed E-state index contributed by atoms with van der Waals surface area (Å²) in [5.41, 5.74) is -1.64. The lowest BCUT2D eigenvalue weighted by molar-refractivity contribution is -0.170. The van der Waals surface area contributed by atoms with Crippen molar-refractivity contribution in [3.63, 3.8) is 0 Å². The van der Waals surface area contributed by atoms with Crippen LogP contribution in [0.5, 0.6) is 0 Å². The van der Waals surface area contributed by atoms with Gasteiger partial charge in [-0.25, -0.2) is 0 Å². The summed E-state index contributed by atoms with van der Waals surface area (Å²) in [5, 5.41) is 9.38. The van der Waals surface area contributed by atoms with Gasteiger partial charge in [0.15, 0.2) is 5.41 Å². The van der Waals surface area contributed by atoms with E-state index in [0.29, 0.717) is 6.42 Å². The zero-order chi connectivity index (χ0) is 12.9. The third kappa shape index (κ3) is 2.33. The van der Waals surface area contributed by atoms with E-state index in [4.69, 9.17) is 6.42 Å². The minimum absolute atomic E-state index is 0.149. The van der Waals surface area contributed by atoms with Gasteiger partial charge in [-0.1, -0.05) is 12.2 Å². The predicted octanol–water partition coefficient (Wildman–Crippen LogP) is 1.61. The van der Waals surface area contributed by atoms with Crippen molar-refractivity contribution in [2.24, 2.45) is 11.3 Å². The maximum absolute atomic E-state index is 11.8. The Labute approximate surface area is 101 Å². The van der Waals surface area contributed by atoms with Crippen molar-refractivity contribution in [1.29, 1.82) is 0 Å². The first-order chi connectivity index (χ1) is 8.09. The Balaban J connectivity index is 3.18. The molecular weight excluding hydrogens is 220 g/mol. The molecule has 0 amide bonds. The molecule has 0 spiro atoms. The standard InChI is InChI=1S/C13H16O4/c1-3-9-13(11(14)15,12(16)17-2)10-7-5-4-6-8-10/h1,5,7,10H,4,6,8-9H2,2H3,(H,14,15). The van der Waals surface area contributed by atoms with E-state index in [9.17, 15) is 14.7 Å². The Kier molecular flexibility index (Phi) is 4.33. The average molecular weight is 236 g/mol. The van der Waals surface area contributed by atoms with Crippen molar-refractivity contribution in [3.8, 4) is 12.3 Å². The summed E-state index contributed by atoms with van der Waals surface area (Å²) in [6.45, 7) is 0. The second-order valence-corrected chi connectivity index (χ2v) is 4.11. The molecule has 1 N–H and O–H groups in total. The molecule has 1 aliphatic rings. The summed E-state index contributed by atoms with van der Waals surface area (Å²) >= 11 is 0. The highest BCUT2D eigenvalue weighted by Gasteiger charge is 2.52. The van der Waals surface area contributed by atoms with E-state index in [1.54, 1.807) is 6.08 Å². The van der Waals surface area contributed by atoms with Crippen LogP contribution in [-0.4, -0.2) is 24.2 Å². The third-order valence-electron chi connectivity index (χ3n) is 3.20. The third-order valence-corrected chi connectivity index (χ3v) is 3.20. The first kappa shape index (κ1) is 13.3. The van der Waals surface area contributed by atoms with Crippen LogP contribution in [0.1, 0.15) is 25.7 Å². The van der Waals surface area contributed by atoms with Gasteiger partial charge >= 0.3 is 11.9 Å². The number of methoxy groups -OCH3 is 1. The summed E-state index contributed by atoms with van der Waals surface area (Å²) in [6, 6.07) is 0. The molecule has 1 aliphatic carbocycles. The lowest BCUT2D eigenvalue weighted by atomic mass is 9.69. The van der Waals surface area contributed by atoms with Crippen LogP contribution in [-0.2, 0) is 14.3 Å². The second-order valence-electron chi connectivity index (χ2n) is 4.11. The fourth-order valence-corrected chi connectivity index (χ4v) is 2.24. The quantitative estimate of drug-likeness (QED) is 0.348. The van der Waals surface area contributed by atoms with Crippen molar-refractivity contribution in [1.82, 2.24) is 0 Å². The summed E-state index contributed by atoms with van der Waals surface area (Å²) in [6.07, 6.45) is 11.1. The average Bonchev–Trinajstić information content (AvgIpc) is 2.35. The van der Waals surface area contributed by atoms with E-state index >= 15 is 0 Å². The number of carbonyl (C=O) groups is 2. The van der Waals surface area contributed by atoms with Gasteiger partial charge in [0.1, 0.15) is 0 Å². The maximum Gasteiger partial charge on any atom is 0.324 e. The topological polar surface area (TPSA) is 63.6 Å². The minimum Gasteiger partial charge on any atom is -0.480 e. The minimum atomic E-state index is -1.64. The number of allylic oxidation sites excluding steroid dienone is 2. The van der Waals surface area contributed by atoms with Crippen molar-refractivity contribution in [2.75, 3.05) is 7.11 Å². The number of carbonyl (C=O) groups excluding carboxylic acids is 1. The van der Waals surface area contributed by atoms with Gasteiger partial charge in [-0.05, 0) is 19.3 Å². The molecule has 0 saturated carbocycles. The van der Waals surface area contributed by atoms with Crippen LogP contribution in [0.4, 0.5) is 0 Å². The van der Waals surface area contributed by atoms with Crippen LogP contribution < -0.4 is 0 Å². The SMILES string of the molecule is C#CCC(C(=O)O)(C(=O)OC)C1C=CCCC1. The number of carboxylic acid groups (broad SMARTS) is 1. The van der Waals surface area contributed by atoms with Crippen LogP contribution in [0.25, 0.3) is 0 Å². The maximum atomic E-state index is 11.8. The highest BCUT2D eigenvalue weighted by Crippen LogP contribution is 2.39. The Morgan fingerprint density at radius 1 is 1.65 bits per heavy atom. The van der Waals surface area contributed by atoms with Gasteiger partial charge in [0, 0.05) is 12.3 Å². The van der Waals surface area contributed by atoms with Crippen LogP contribution in [0.2, 0.25) is 0 Å². The normalized spacial score (nSPS) is 22.2. The molecule has 0 fully saturated rings. The van der Waals surface area contributed by atoms with Gasteiger partial charge in [0.2, 0.25) is 0 Å². The Morgan fingerprint density at radius 2 is 2.35 bits per heavy atom. The largest absolute Gasteiger partial charge is 0.480 e. The fourth-order valence-electron chi connectivity index (χ4n) is 2.24. The molecular formula is C13H16O4. The number of aliphatic carboxylic acids is 1. The van der Waals surface area contributed by atoms with Crippen molar-refractivity contribution < 1.29 is 19.4 Å². The Morgan fingerprint density at radius 3 is 2.76 bits per heavy atom. The molecule has 92 valence electrons. The van der Waals surface area contributed by atoms with Gasteiger partial charge in [0.25, 0.3) is 0 Å². The number of hydrogen-bond donors (Lipinski definition) is 1. The molecule has 1 rings (SSSR count). The van der Waals surface area contributed by atoms with E-state index in [2.05, 4.69) is 10.7 Å². The van der Waals surface area contributed by atoms with E-state index in [1.165, 1.54) is 7.11 Å². The number of esters is 1. The number of rotatable bonds is 4. The number of ether oxygens (including phenoxy) is 1. The number of terminal acetylenes is 1. The van der Waals surface area contributed by atoms with Gasteiger partial charge < -0.3 is 9.84 Å². The fraction of sp³-hybridized carbons (Fsp3) is 0.538. The monoisotopic (exact) mass is 236 g/mol. The van der Waals surface area contributed by atoms with Gasteiger partial charge in [0.05, 0.1) is 7.11 Å². The summed E-state index contributed by atoms with van der Waals surface area (Å²) < 4.78 is 4.63. The van der Waals surface area contributed by atoms with Gasteiger partial charge in [-0.2, -0.15) is 0 Å². The van der Waals surface area contributed by atoms with Crippen molar-refractivity contribution in [3.05, 3.63) is 12.2 Å². The number of carboxylic acids is 1. The van der Waals surface area contributed by atoms with E-state index in [1.807, 2.05) is 6.08 Å². The summed E-state index contributed by atoms with van der Waals surface area (Å²) in [4.78, 5) is 23.3. The molecule has 0 aromatic carbocycles. The molecule has 2 atom stereocenters. The lowest BCUT2D eigenvalue weighted by Gasteiger charge is -2.32. The van der Waals surface area contributed by atoms with Crippen LogP contribution in [0, 0.1) is 23.7 Å². The van der Waals surface area contributed by atoms with Crippen LogP contribution in [0.3, 0.4) is 0 Å². The highest BCUT2D eigenvalue weighted by atomic mass is 16.5. The van der Waals surface area contributed by atoms with Crippen LogP contribution in [0.15, 0.2) is 12.2 Å². The zero-order valence-corrected chi connectivity index (χ0v) is 9.81. The molecule has 0 saturated heterocycles. The molecule has 2 unspecified atom stereocenters. The first-order valence-corrected chi connectivity index (χ1v) is 5.51. The van der Waals surface area contributed by atoms with Crippen molar-refractivity contribution in [2.45, 2.75) is 25.7 Å². The molecule has 4 heteroatoms. The molecule has 0 aromatic heterocycles. The number of hydrogen-bond acceptors (Lipinski definition) is 3. The van der Waals surface area contributed by atoms with E-state index in [-0.39, 0.29) is 6.42 Å². The molecule has 0 bridgehead atoms. The smallest absolute Gasteiger partial charge is 0.324 e. The van der Waals surface area contributed by atoms with Crippen LogP contribution >= 0.6 is 0 Å². The predicted molar refractivity (Wildman–Crippen MR) is 62.0 cm³/mol. The summed E-state index contributed by atoms with van der Waals surface area (Å²) in [7, 11) is 1.18. The zero-order valence-electron chi connectivity index (χ0n) is 9.81. The molecule has 0 aliphatic heterocycles. The molecule has 0 heterocycles. The Hall–Kier alpha value is -1.76. The van der Waals surface area contributed by atoms with Crippen molar-refractivity contribution >= 4 is 11.9 Å². The molecule has 0 radical (unpaired) electrons. The highest BCUT2D eigenvalue weighted by molar-refractivity contribution is 6.00.